The number of anilines is 1. The summed E-state index contributed by atoms with van der Waals surface area (Å²) in [6.07, 6.45) is 0. The fourth-order valence-corrected chi connectivity index (χ4v) is 2.68. The van der Waals surface area contributed by atoms with Crippen molar-refractivity contribution in [1.82, 2.24) is 4.98 Å². The third kappa shape index (κ3) is 2.48. The number of aromatic nitrogens is 1. The summed E-state index contributed by atoms with van der Waals surface area (Å²) in [5, 5.41) is 2.80. The molecule has 0 spiro atoms. The first-order chi connectivity index (χ1) is 9.22. The van der Waals surface area contributed by atoms with Crippen LogP contribution < -0.4 is 5.73 Å². The second-order valence-corrected chi connectivity index (χ2v) is 5.03. The molecule has 0 radical (unpaired) electrons. The van der Waals surface area contributed by atoms with Gasteiger partial charge in [0, 0.05) is 22.2 Å². The van der Waals surface area contributed by atoms with Crippen molar-refractivity contribution in [2.45, 2.75) is 0 Å². The Morgan fingerprint density at radius 2 is 1.79 bits per heavy atom. The van der Waals surface area contributed by atoms with Gasteiger partial charge in [0.25, 0.3) is 0 Å². The molecule has 94 valence electrons. The Kier molecular flexibility index (Phi) is 3.01. The van der Waals surface area contributed by atoms with E-state index in [1.165, 1.54) is 23.5 Å². The van der Waals surface area contributed by atoms with Gasteiger partial charge in [0.2, 0.25) is 0 Å². The number of rotatable bonds is 2. The van der Waals surface area contributed by atoms with Gasteiger partial charge in [0.15, 0.2) is 0 Å². The lowest BCUT2D eigenvalue weighted by Crippen LogP contribution is -1.85. The zero-order valence-corrected chi connectivity index (χ0v) is 10.8. The molecule has 0 aliphatic carbocycles. The van der Waals surface area contributed by atoms with E-state index in [4.69, 9.17) is 5.73 Å². The predicted molar refractivity (Wildman–Crippen MR) is 77.4 cm³/mol. The molecular formula is C15H11FN2S. The Morgan fingerprint density at radius 1 is 1.00 bits per heavy atom. The van der Waals surface area contributed by atoms with Crippen molar-refractivity contribution in [3.8, 4) is 21.8 Å². The maximum absolute atomic E-state index is 13.2. The van der Waals surface area contributed by atoms with E-state index in [0.717, 1.165) is 21.8 Å². The molecule has 0 aliphatic rings. The summed E-state index contributed by atoms with van der Waals surface area (Å²) >= 11 is 1.52. The van der Waals surface area contributed by atoms with Gasteiger partial charge in [0.05, 0.1) is 5.69 Å². The quantitative estimate of drug-likeness (QED) is 0.709. The summed E-state index contributed by atoms with van der Waals surface area (Å²) in [4.78, 5) is 4.53. The molecule has 0 amide bonds. The van der Waals surface area contributed by atoms with Crippen molar-refractivity contribution >= 4 is 17.0 Å². The molecule has 3 aromatic rings. The highest BCUT2D eigenvalue weighted by molar-refractivity contribution is 7.13. The average molecular weight is 270 g/mol. The highest BCUT2D eigenvalue weighted by atomic mass is 32.1. The molecule has 0 aliphatic heterocycles. The van der Waals surface area contributed by atoms with Crippen molar-refractivity contribution in [2.24, 2.45) is 0 Å². The molecule has 0 unspecified atom stereocenters. The molecule has 1 heterocycles. The molecule has 0 atom stereocenters. The molecule has 2 aromatic carbocycles. The summed E-state index contributed by atoms with van der Waals surface area (Å²) in [5.74, 6) is -0.254. The van der Waals surface area contributed by atoms with Crippen LogP contribution in [-0.4, -0.2) is 4.98 Å². The van der Waals surface area contributed by atoms with Crippen LogP contribution in [0.3, 0.4) is 0 Å². The van der Waals surface area contributed by atoms with Crippen LogP contribution in [0.15, 0.2) is 53.9 Å². The summed E-state index contributed by atoms with van der Waals surface area (Å²) < 4.78 is 13.2. The topological polar surface area (TPSA) is 38.9 Å². The minimum absolute atomic E-state index is 0.254. The zero-order chi connectivity index (χ0) is 13.2. The van der Waals surface area contributed by atoms with Crippen LogP contribution in [-0.2, 0) is 0 Å². The predicted octanol–water partition coefficient (Wildman–Crippen LogP) is 4.20. The monoisotopic (exact) mass is 270 g/mol. The van der Waals surface area contributed by atoms with Crippen molar-refractivity contribution in [3.63, 3.8) is 0 Å². The van der Waals surface area contributed by atoms with Gasteiger partial charge in [-0.05, 0) is 24.3 Å². The van der Waals surface area contributed by atoms with E-state index in [0.29, 0.717) is 5.69 Å². The van der Waals surface area contributed by atoms with Crippen LogP contribution in [0.2, 0.25) is 0 Å². The average Bonchev–Trinajstić information content (AvgIpc) is 2.88. The van der Waals surface area contributed by atoms with Crippen molar-refractivity contribution in [2.75, 3.05) is 5.73 Å². The molecule has 19 heavy (non-hydrogen) atoms. The lowest BCUT2D eigenvalue weighted by molar-refractivity contribution is 0.628. The van der Waals surface area contributed by atoms with Gasteiger partial charge in [-0.3, -0.25) is 0 Å². The van der Waals surface area contributed by atoms with Gasteiger partial charge in [-0.15, -0.1) is 11.3 Å². The lowest BCUT2D eigenvalue weighted by Gasteiger charge is -1.98. The van der Waals surface area contributed by atoms with Crippen molar-refractivity contribution in [1.29, 1.82) is 0 Å². The number of nitrogens with zero attached hydrogens (tertiary/aromatic N) is 1. The van der Waals surface area contributed by atoms with Gasteiger partial charge in [0.1, 0.15) is 10.8 Å². The summed E-state index contributed by atoms with van der Waals surface area (Å²) in [7, 11) is 0. The Hall–Kier alpha value is -2.20. The smallest absolute Gasteiger partial charge is 0.124 e. The number of halogens is 1. The maximum Gasteiger partial charge on any atom is 0.124 e. The van der Waals surface area contributed by atoms with E-state index < -0.39 is 0 Å². The lowest BCUT2D eigenvalue weighted by atomic mass is 10.1. The second-order valence-electron chi connectivity index (χ2n) is 4.17. The first kappa shape index (κ1) is 11.9. The fraction of sp³-hybridized carbons (Fsp3) is 0. The largest absolute Gasteiger partial charge is 0.399 e. The van der Waals surface area contributed by atoms with Crippen LogP contribution in [0.25, 0.3) is 21.8 Å². The van der Waals surface area contributed by atoms with E-state index in [1.807, 2.05) is 35.7 Å². The molecule has 3 rings (SSSR count). The fourth-order valence-electron chi connectivity index (χ4n) is 1.86. The second kappa shape index (κ2) is 4.82. The van der Waals surface area contributed by atoms with E-state index in [9.17, 15) is 4.39 Å². The van der Waals surface area contributed by atoms with Gasteiger partial charge < -0.3 is 5.73 Å². The summed E-state index contributed by atoms with van der Waals surface area (Å²) in [6.45, 7) is 0. The van der Waals surface area contributed by atoms with Gasteiger partial charge in [-0.1, -0.05) is 24.3 Å². The van der Waals surface area contributed by atoms with Crippen molar-refractivity contribution in [3.05, 3.63) is 59.7 Å². The number of nitrogen functional groups attached to an aromatic ring is 1. The van der Waals surface area contributed by atoms with Crippen LogP contribution in [0.5, 0.6) is 0 Å². The Bertz CT molecular complexity index is 661. The third-order valence-electron chi connectivity index (χ3n) is 2.76. The molecular weight excluding hydrogens is 259 g/mol. The number of nitrogens with two attached hydrogens (primary N) is 1. The van der Waals surface area contributed by atoms with E-state index >= 15 is 0 Å². The first-order valence-corrected chi connectivity index (χ1v) is 6.68. The van der Waals surface area contributed by atoms with Gasteiger partial charge >= 0.3 is 0 Å². The first-order valence-electron chi connectivity index (χ1n) is 5.80. The third-order valence-corrected chi connectivity index (χ3v) is 3.65. The minimum Gasteiger partial charge on any atom is -0.399 e. The zero-order valence-electron chi connectivity index (χ0n) is 10.0. The molecule has 1 aromatic heterocycles. The molecule has 2 nitrogen and oxygen atoms in total. The Balaban J connectivity index is 2.00. The Morgan fingerprint density at radius 3 is 2.58 bits per heavy atom. The van der Waals surface area contributed by atoms with Crippen LogP contribution in [0, 0.1) is 5.82 Å². The molecule has 2 N–H and O–H groups in total. The minimum atomic E-state index is -0.254. The maximum atomic E-state index is 13.2. The highest BCUT2D eigenvalue weighted by Crippen LogP contribution is 2.29. The number of benzene rings is 2. The highest BCUT2D eigenvalue weighted by Gasteiger charge is 2.07. The SMILES string of the molecule is Nc1cccc(-c2nc(-c3cccc(F)c3)cs2)c1. The molecule has 0 fully saturated rings. The van der Waals surface area contributed by atoms with Gasteiger partial charge in [-0.2, -0.15) is 0 Å². The number of thiazole rings is 1. The van der Waals surface area contributed by atoms with E-state index in [-0.39, 0.29) is 5.82 Å². The van der Waals surface area contributed by atoms with E-state index in [1.54, 1.807) is 6.07 Å². The standard InChI is InChI=1S/C15H11FN2S/c16-12-5-1-3-10(7-12)14-9-19-15(18-14)11-4-2-6-13(17)8-11/h1-9H,17H2. The normalized spacial score (nSPS) is 10.6. The van der Waals surface area contributed by atoms with Crippen LogP contribution in [0.4, 0.5) is 10.1 Å². The van der Waals surface area contributed by atoms with Crippen molar-refractivity contribution < 1.29 is 4.39 Å². The van der Waals surface area contributed by atoms with E-state index in [2.05, 4.69) is 4.98 Å². The van der Waals surface area contributed by atoms with Gasteiger partial charge in [-0.25, -0.2) is 9.37 Å². The summed E-state index contributed by atoms with van der Waals surface area (Å²) in [5.41, 5.74) is 9.01. The van der Waals surface area contributed by atoms with Crippen LogP contribution in [0.1, 0.15) is 0 Å². The summed E-state index contributed by atoms with van der Waals surface area (Å²) in [6, 6.07) is 14.0. The number of hydrogen-bond acceptors (Lipinski definition) is 3. The molecule has 4 heteroatoms. The number of hydrogen-bond donors (Lipinski definition) is 1. The Labute approximate surface area is 114 Å². The van der Waals surface area contributed by atoms with Crippen LogP contribution >= 0.6 is 11.3 Å². The molecule has 0 saturated carbocycles. The molecule has 0 bridgehead atoms. The molecule has 0 saturated heterocycles.